The third-order valence-corrected chi connectivity index (χ3v) is 3.45. The van der Waals surface area contributed by atoms with Gasteiger partial charge in [-0.05, 0) is 44.5 Å². The van der Waals surface area contributed by atoms with Gasteiger partial charge in [0.15, 0.2) is 0 Å². The van der Waals surface area contributed by atoms with Gasteiger partial charge in [-0.15, -0.1) is 0 Å². The molecule has 1 amide bonds. The molecule has 0 radical (unpaired) electrons. The van der Waals surface area contributed by atoms with Crippen molar-refractivity contribution in [2.24, 2.45) is 0 Å². The van der Waals surface area contributed by atoms with Gasteiger partial charge in [-0.3, -0.25) is 4.79 Å². The standard InChI is InChI=1S/C13H16ClFN2O/c1-8-6-10(4-5-16-8)17-13(18)9-2-3-11(14)12(15)7-9/h2-3,7-8,10,16H,4-6H2,1H3,(H,17,18). The zero-order valence-electron chi connectivity index (χ0n) is 10.2. The number of hydrogen-bond acceptors (Lipinski definition) is 2. The third-order valence-electron chi connectivity index (χ3n) is 3.14. The largest absolute Gasteiger partial charge is 0.349 e. The minimum atomic E-state index is -0.567. The van der Waals surface area contributed by atoms with Gasteiger partial charge in [-0.2, -0.15) is 0 Å². The maximum Gasteiger partial charge on any atom is 0.251 e. The molecule has 0 aliphatic carbocycles. The third kappa shape index (κ3) is 3.21. The second-order valence-corrected chi connectivity index (χ2v) is 5.09. The molecule has 0 saturated carbocycles. The molecule has 2 unspecified atom stereocenters. The Morgan fingerprint density at radius 1 is 1.56 bits per heavy atom. The molecule has 0 aromatic heterocycles. The van der Waals surface area contributed by atoms with E-state index >= 15 is 0 Å². The van der Waals surface area contributed by atoms with Crippen molar-refractivity contribution >= 4 is 17.5 Å². The molecule has 3 nitrogen and oxygen atoms in total. The van der Waals surface area contributed by atoms with Gasteiger partial charge in [0, 0.05) is 17.6 Å². The van der Waals surface area contributed by atoms with E-state index in [1.54, 1.807) is 0 Å². The summed E-state index contributed by atoms with van der Waals surface area (Å²) in [6.07, 6.45) is 1.79. The van der Waals surface area contributed by atoms with Crippen LogP contribution in [0.5, 0.6) is 0 Å². The highest BCUT2D eigenvalue weighted by Crippen LogP contribution is 2.16. The van der Waals surface area contributed by atoms with E-state index in [2.05, 4.69) is 17.6 Å². The molecule has 0 bridgehead atoms. The van der Waals surface area contributed by atoms with Crippen molar-refractivity contribution in [2.75, 3.05) is 6.54 Å². The number of piperidine rings is 1. The summed E-state index contributed by atoms with van der Waals surface area (Å²) in [7, 11) is 0. The molecule has 98 valence electrons. The lowest BCUT2D eigenvalue weighted by Crippen LogP contribution is -2.46. The van der Waals surface area contributed by atoms with E-state index in [0.717, 1.165) is 19.4 Å². The summed E-state index contributed by atoms with van der Waals surface area (Å²) < 4.78 is 13.3. The van der Waals surface area contributed by atoms with Crippen molar-refractivity contribution in [1.29, 1.82) is 0 Å². The van der Waals surface area contributed by atoms with E-state index in [1.807, 2.05) is 0 Å². The lowest BCUT2D eigenvalue weighted by atomic mass is 10.0. The Morgan fingerprint density at radius 3 is 3.00 bits per heavy atom. The fourth-order valence-electron chi connectivity index (χ4n) is 2.17. The Kier molecular flexibility index (Phi) is 4.19. The summed E-state index contributed by atoms with van der Waals surface area (Å²) in [5, 5.41) is 6.27. The lowest BCUT2D eigenvalue weighted by molar-refractivity contribution is 0.0925. The van der Waals surface area contributed by atoms with Crippen LogP contribution in [0.3, 0.4) is 0 Å². The maximum atomic E-state index is 13.3. The van der Waals surface area contributed by atoms with E-state index in [0.29, 0.717) is 11.6 Å². The van der Waals surface area contributed by atoms with Crippen molar-refractivity contribution < 1.29 is 9.18 Å². The van der Waals surface area contributed by atoms with Gasteiger partial charge >= 0.3 is 0 Å². The van der Waals surface area contributed by atoms with Gasteiger partial charge in [0.1, 0.15) is 5.82 Å². The van der Waals surface area contributed by atoms with Crippen molar-refractivity contribution in [3.05, 3.63) is 34.6 Å². The number of halogens is 2. The average molecular weight is 271 g/mol. The molecule has 2 N–H and O–H groups in total. The Hall–Kier alpha value is -1.13. The van der Waals surface area contributed by atoms with Gasteiger partial charge in [-0.1, -0.05) is 11.6 Å². The van der Waals surface area contributed by atoms with E-state index < -0.39 is 5.82 Å². The van der Waals surface area contributed by atoms with E-state index in [-0.39, 0.29) is 17.0 Å². The average Bonchev–Trinajstić information content (AvgIpc) is 2.32. The molecule has 1 aliphatic rings. The molecule has 1 saturated heterocycles. The van der Waals surface area contributed by atoms with Crippen molar-refractivity contribution in [2.45, 2.75) is 31.8 Å². The zero-order chi connectivity index (χ0) is 13.1. The predicted octanol–water partition coefficient (Wildman–Crippen LogP) is 2.35. The van der Waals surface area contributed by atoms with E-state index in [4.69, 9.17) is 11.6 Å². The van der Waals surface area contributed by atoms with Gasteiger partial charge in [0.05, 0.1) is 5.02 Å². The van der Waals surface area contributed by atoms with Crippen molar-refractivity contribution in [3.63, 3.8) is 0 Å². The Balaban J connectivity index is 2.00. The second-order valence-electron chi connectivity index (χ2n) is 4.68. The molecule has 2 rings (SSSR count). The molecule has 5 heteroatoms. The van der Waals surface area contributed by atoms with Crippen LogP contribution in [0.1, 0.15) is 30.1 Å². The van der Waals surface area contributed by atoms with Crippen LogP contribution in [-0.2, 0) is 0 Å². The Morgan fingerprint density at radius 2 is 2.33 bits per heavy atom. The minimum absolute atomic E-state index is 0.0297. The highest BCUT2D eigenvalue weighted by Gasteiger charge is 2.20. The monoisotopic (exact) mass is 270 g/mol. The molecule has 1 aromatic carbocycles. The first-order valence-electron chi connectivity index (χ1n) is 6.05. The van der Waals surface area contributed by atoms with Crippen molar-refractivity contribution in [1.82, 2.24) is 10.6 Å². The normalized spacial score (nSPS) is 23.7. The molecule has 0 spiro atoms. The quantitative estimate of drug-likeness (QED) is 0.866. The summed E-state index contributed by atoms with van der Waals surface area (Å²) >= 11 is 5.58. The minimum Gasteiger partial charge on any atom is -0.349 e. The van der Waals surface area contributed by atoms with Gasteiger partial charge < -0.3 is 10.6 Å². The summed E-state index contributed by atoms with van der Waals surface area (Å²) in [4.78, 5) is 11.9. The summed E-state index contributed by atoms with van der Waals surface area (Å²) in [5.74, 6) is -0.812. The fourth-order valence-corrected chi connectivity index (χ4v) is 2.29. The van der Waals surface area contributed by atoms with Gasteiger partial charge in [0.2, 0.25) is 0 Å². The van der Waals surface area contributed by atoms with Crippen LogP contribution < -0.4 is 10.6 Å². The van der Waals surface area contributed by atoms with Crippen LogP contribution in [0.2, 0.25) is 5.02 Å². The number of carbonyl (C=O) groups excluding carboxylic acids is 1. The molecule has 18 heavy (non-hydrogen) atoms. The predicted molar refractivity (Wildman–Crippen MR) is 69.4 cm³/mol. The topological polar surface area (TPSA) is 41.1 Å². The Labute approximate surface area is 111 Å². The van der Waals surface area contributed by atoms with Crippen LogP contribution in [-0.4, -0.2) is 24.5 Å². The van der Waals surface area contributed by atoms with Crippen LogP contribution in [0.4, 0.5) is 4.39 Å². The first kappa shape index (κ1) is 13.3. The number of amides is 1. The Bertz CT molecular complexity index is 453. The van der Waals surface area contributed by atoms with Gasteiger partial charge in [-0.25, -0.2) is 4.39 Å². The van der Waals surface area contributed by atoms with Crippen LogP contribution in [0.25, 0.3) is 0 Å². The highest BCUT2D eigenvalue weighted by atomic mass is 35.5. The number of nitrogens with one attached hydrogen (secondary N) is 2. The molecule has 2 atom stereocenters. The molecule has 1 fully saturated rings. The molecule has 1 heterocycles. The van der Waals surface area contributed by atoms with Gasteiger partial charge in [0.25, 0.3) is 5.91 Å². The maximum absolute atomic E-state index is 13.3. The summed E-state index contributed by atoms with van der Waals surface area (Å²) in [6, 6.07) is 4.64. The fraction of sp³-hybridized carbons (Fsp3) is 0.462. The lowest BCUT2D eigenvalue weighted by Gasteiger charge is -2.28. The number of benzene rings is 1. The van der Waals surface area contributed by atoms with E-state index in [1.165, 1.54) is 18.2 Å². The highest BCUT2D eigenvalue weighted by molar-refractivity contribution is 6.30. The van der Waals surface area contributed by atoms with Crippen LogP contribution in [0.15, 0.2) is 18.2 Å². The number of rotatable bonds is 2. The molecular weight excluding hydrogens is 255 g/mol. The van der Waals surface area contributed by atoms with E-state index in [9.17, 15) is 9.18 Å². The second kappa shape index (κ2) is 5.67. The smallest absolute Gasteiger partial charge is 0.251 e. The first-order valence-corrected chi connectivity index (χ1v) is 6.43. The zero-order valence-corrected chi connectivity index (χ0v) is 10.9. The summed E-state index contributed by atoms with van der Waals surface area (Å²) in [5.41, 5.74) is 0.308. The number of carbonyl (C=O) groups is 1. The molecule has 1 aromatic rings. The molecular formula is C13H16ClFN2O. The number of hydrogen-bond donors (Lipinski definition) is 2. The van der Waals surface area contributed by atoms with Crippen molar-refractivity contribution in [3.8, 4) is 0 Å². The summed E-state index contributed by atoms with van der Waals surface area (Å²) in [6.45, 7) is 2.97. The van der Waals surface area contributed by atoms with Crippen LogP contribution in [0, 0.1) is 5.82 Å². The SMILES string of the molecule is CC1CC(NC(=O)c2ccc(Cl)c(F)c2)CCN1. The molecule has 1 aliphatic heterocycles. The first-order chi connectivity index (χ1) is 8.56. The van der Waals surface area contributed by atoms with Crippen LogP contribution >= 0.6 is 11.6 Å².